The molecule has 3 nitrogen and oxygen atoms in total. The van der Waals surface area contributed by atoms with Gasteiger partial charge in [-0.25, -0.2) is 4.98 Å². The lowest BCUT2D eigenvalue weighted by Crippen LogP contribution is -2.03. The van der Waals surface area contributed by atoms with E-state index in [0.717, 1.165) is 21.7 Å². The van der Waals surface area contributed by atoms with Gasteiger partial charge in [0.15, 0.2) is 0 Å². The number of nitrogens with zero attached hydrogens (tertiary/aromatic N) is 2. The minimum atomic E-state index is 0.832. The van der Waals surface area contributed by atoms with Crippen LogP contribution in [-0.4, -0.2) is 17.0 Å². The van der Waals surface area contributed by atoms with Gasteiger partial charge < -0.3 is 5.32 Å². The fraction of sp³-hybridized carbons (Fsp3) is 0.200. The molecule has 0 aliphatic heterocycles. The van der Waals surface area contributed by atoms with Crippen molar-refractivity contribution in [2.45, 2.75) is 6.54 Å². The highest BCUT2D eigenvalue weighted by molar-refractivity contribution is 9.10. The molecule has 0 unspecified atom stereocenters. The van der Waals surface area contributed by atoms with Crippen LogP contribution in [-0.2, 0) is 6.54 Å². The van der Waals surface area contributed by atoms with Crippen LogP contribution >= 0.6 is 27.3 Å². The van der Waals surface area contributed by atoms with Gasteiger partial charge in [-0.3, -0.25) is 4.98 Å². The molecule has 0 atom stereocenters. The zero-order valence-corrected chi connectivity index (χ0v) is 10.6. The molecule has 0 aromatic carbocycles. The highest BCUT2D eigenvalue weighted by Gasteiger charge is 2.09. The zero-order valence-electron chi connectivity index (χ0n) is 8.20. The van der Waals surface area contributed by atoms with Crippen LogP contribution in [0.4, 0.5) is 0 Å². The van der Waals surface area contributed by atoms with Crippen LogP contribution in [0.25, 0.3) is 10.6 Å². The number of halogens is 1. The summed E-state index contributed by atoms with van der Waals surface area (Å²) in [6, 6.07) is 3.93. The van der Waals surface area contributed by atoms with E-state index in [0.29, 0.717) is 0 Å². The largest absolute Gasteiger partial charge is 0.315 e. The number of hydrogen-bond donors (Lipinski definition) is 1. The van der Waals surface area contributed by atoms with E-state index in [4.69, 9.17) is 0 Å². The first kappa shape index (κ1) is 10.7. The number of pyridine rings is 1. The second-order valence-corrected chi connectivity index (χ2v) is 4.84. The maximum atomic E-state index is 4.45. The molecule has 5 heteroatoms. The Morgan fingerprint density at radius 1 is 1.53 bits per heavy atom. The molecular weight excluding hydrogens is 274 g/mol. The van der Waals surface area contributed by atoms with Gasteiger partial charge in [0.25, 0.3) is 0 Å². The fourth-order valence-corrected chi connectivity index (χ4v) is 2.85. The van der Waals surface area contributed by atoms with Gasteiger partial charge in [0.1, 0.15) is 9.61 Å². The smallest absolute Gasteiger partial charge is 0.126 e. The van der Waals surface area contributed by atoms with Gasteiger partial charge >= 0.3 is 0 Å². The minimum absolute atomic E-state index is 0.832. The quantitative estimate of drug-likeness (QED) is 0.941. The number of nitrogens with one attached hydrogen (secondary N) is 1. The summed E-state index contributed by atoms with van der Waals surface area (Å²) >= 11 is 5.13. The van der Waals surface area contributed by atoms with Crippen molar-refractivity contribution in [3.8, 4) is 10.6 Å². The summed E-state index contributed by atoms with van der Waals surface area (Å²) in [4.78, 5) is 9.74. The van der Waals surface area contributed by atoms with Gasteiger partial charge in [-0.1, -0.05) is 0 Å². The van der Waals surface area contributed by atoms with Crippen LogP contribution in [0.3, 0.4) is 0 Å². The minimum Gasteiger partial charge on any atom is -0.315 e. The van der Waals surface area contributed by atoms with Crippen molar-refractivity contribution in [3.63, 3.8) is 0 Å². The first-order chi connectivity index (χ1) is 7.31. The third-order valence-corrected chi connectivity index (χ3v) is 3.92. The number of aromatic nitrogens is 2. The molecule has 0 radical (unpaired) electrons. The van der Waals surface area contributed by atoms with Gasteiger partial charge in [-0.2, -0.15) is 0 Å². The van der Waals surface area contributed by atoms with E-state index in [2.05, 4.69) is 31.2 Å². The van der Waals surface area contributed by atoms with Crippen molar-refractivity contribution >= 4 is 27.3 Å². The maximum absolute atomic E-state index is 4.45. The van der Waals surface area contributed by atoms with Crippen LogP contribution in [0.1, 0.15) is 4.88 Å². The molecule has 0 fully saturated rings. The highest BCUT2D eigenvalue weighted by Crippen LogP contribution is 2.30. The Kier molecular flexibility index (Phi) is 3.45. The molecule has 0 saturated carbocycles. The highest BCUT2D eigenvalue weighted by atomic mass is 79.9. The van der Waals surface area contributed by atoms with E-state index in [1.807, 2.05) is 25.4 Å². The Balaban J connectivity index is 2.34. The lowest BCUT2D eigenvalue weighted by Gasteiger charge is -1.93. The second kappa shape index (κ2) is 4.83. The van der Waals surface area contributed by atoms with E-state index in [1.165, 1.54) is 4.88 Å². The van der Waals surface area contributed by atoms with Crippen LogP contribution in [0, 0.1) is 0 Å². The summed E-state index contributed by atoms with van der Waals surface area (Å²) in [7, 11) is 1.93. The lowest BCUT2D eigenvalue weighted by atomic mass is 10.3. The van der Waals surface area contributed by atoms with Crippen molar-refractivity contribution in [2.24, 2.45) is 0 Å². The SMILES string of the molecule is CNCc1sc(-c2cccnc2)nc1Br. The van der Waals surface area contributed by atoms with E-state index in [-0.39, 0.29) is 0 Å². The summed E-state index contributed by atoms with van der Waals surface area (Å²) < 4.78 is 0.917. The van der Waals surface area contributed by atoms with Gasteiger partial charge in [0, 0.05) is 24.5 Å². The molecule has 1 N–H and O–H groups in total. The molecule has 2 aromatic heterocycles. The van der Waals surface area contributed by atoms with E-state index < -0.39 is 0 Å². The summed E-state index contributed by atoms with van der Waals surface area (Å²) in [5.41, 5.74) is 1.06. The number of rotatable bonds is 3. The van der Waals surface area contributed by atoms with Crippen LogP contribution < -0.4 is 5.32 Å². The van der Waals surface area contributed by atoms with Gasteiger partial charge in [-0.05, 0) is 35.1 Å². The maximum Gasteiger partial charge on any atom is 0.126 e. The molecule has 0 spiro atoms. The Labute approximate surface area is 101 Å². The number of thiazole rings is 1. The Morgan fingerprint density at radius 3 is 3.07 bits per heavy atom. The number of hydrogen-bond acceptors (Lipinski definition) is 4. The molecule has 0 amide bonds. The van der Waals surface area contributed by atoms with Crippen molar-refractivity contribution < 1.29 is 0 Å². The molecule has 0 saturated heterocycles. The van der Waals surface area contributed by atoms with Crippen LogP contribution in [0.15, 0.2) is 29.1 Å². The first-order valence-electron chi connectivity index (χ1n) is 4.51. The molecule has 15 heavy (non-hydrogen) atoms. The average molecular weight is 284 g/mol. The average Bonchev–Trinajstić information content (AvgIpc) is 2.63. The normalized spacial score (nSPS) is 10.5. The van der Waals surface area contributed by atoms with E-state index >= 15 is 0 Å². The first-order valence-corrected chi connectivity index (χ1v) is 6.12. The second-order valence-electron chi connectivity index (χ2n) is 3.01. The zero-order chi connectivity index (χ0) is 10.7. The Morgan fingerprint density at radius 2 is 2.40 bits per heavy atom. The van der Waals surface area contributed by atoms with Gasteiger partial charge in [0.2, 0.25) is 0 Å². The third kappa shape index (κ3) is 2.42. The van der Waals surface area contributed by atoms with Crippen LogP contribution in [0.2, 0.25) is 0 Å². The molecule has 0 bridgehead atoms. The van der Waals surface area contributed by atoms with Crippen LogP contribution in [0.5, 0.6) is 0 Å². The summed E-state index contributed by atoms with van der Waals surface area (Å²) in [6.07, 6.45) is 3.59. The Hall–Kier alpha value is -0.780. The van der Waals surface area contributed by atoms with Gasteiger partial charge in [-0.15, -0.1) is 11.3 Å². The molecule has 2 heterocycles. The molecule has 2 rings (SSSR count). The monoisotopic (exact) mass is 283 g/mol. The van der Waals surface area contributed by atoms with Crippen molar-refractivity contribution in [1.29, 1.82) is 0 Å². The topological polar surface area (TPSA) is 37.8 Å². The molecule has 0 aliphatic carbocycles. The molecule has 0 aliphatic rings. The summed E-state index contributed by atoms with van der Waals surface area (Å²) in [6.45, 7) is 0.832. The van der Waals surface area contributed by atoms with E-state index in [1.54, 1.807) is 17.5 Å². The third-order valence-electron chi connectivity index (χ3n) is 1.90. The predicted molar refractivity (Wildman–Crippen MR) is 65.8 cm³/mol. The molecule has 2 aromatic rings. The van der Waals surface area contributed by atoms with Crippen molar-refractivity contribution in [2.75, 3.05) is 7.05 Å². The standard InChI is InChI=1S/C10H10BrN3S/c1-12-6-8-9(11)14-10(15-8)7-3-2-4-13-5-7/h2-5,12H,6H2,1H3. The van der Waals surface area contributed by atoms with Gasteiger partial charge in [0.05, 0.1) is 4.88 Å². The fourth-order valence-electron chi connectivity index (χ4n) is 1.22. The Bertz CT molecular complexity index is 441. The molecule has 78 valence electrons. The van der Waals surface area contributed by atoms with Crippen molar-refractivity contribution in [3.05, 3.63) is 34.0 Å². The summed E-state index contributed by atoms with van der Waals surface area (Å²) in [5, 5.41) is 4.11. The summed E-state index contributed by atoms with van der Waals surface area (Å²) in [5.74, 6) is 0. The molecular formula is C10H10BrN3S. The van der Waals surface area contributed by atoms with E-state index in [9.17, 15) is 0 Å². The van der Waals surface area contributed by atoms with Crippen molar-refractivity contribution in [1.82, 2.24) is 15.3 Å². The lowest BCUT2D eigenvalue weighted by molar-refractivity contribution is 0.825. The predicted octanol–water partition coefficient (Wildman–Crippen LogP) is 2.69.